The Morgan fingerprint density at radius 1 is 1.03 bits per heavy atom. The molecule has 1 aliphatic rings. The molecule has 2 aromatic carbocycles. The molecule has 0 aliphatic heterocycles. The van der Waals surface area contributed by atoms with Gasteiger partial charge in [-0.15, -0.1) is 11.3 Å². The van der Waals surface area contributed by atoms with Crippen LogP contribution in [0.3, 0.4) is 0 Å². The first-order chi connectivity index (χ1) is 16.1. The van der Waals surface area contributed by atoms with E-state index < -0.39 is 0 Å². The van der Waals surface area contributed by atoms with Crippen LogP contribution in [0.5, 0.6) is 17.2 Å². The fourth-order valence-electron chi connectivity index (χ4n) is 4.19. The summed E-state index contributed by atoms with van der Waals surface area (Å²) in [7, 11) is 3.27. The van der Waals surface area contributed by atoms with Crippen LogP contribution in [0.15, 0.2) is 42.5 Å². The Hall–Kier alpha value is -3.19. The fraction of sp³-hybridized carbons (Fsp3) is 0.346. The van der Waals surface area contributed by atoms with Gasteiger partial charge in [0, 0.05) is 22.7 Å². The van der Waals surface area contributed by atoms with Crippen molar-refractivity contribution in [2.75, 3.05) is 31.5 Å². The van der Waals surface area contributed by atoms with Gasteiger partial charge in [0.05, 0.1) is 26.4 Å². The highest BCUT2D eigenvalue weighted by atomic mass is 32.1. The van der Waals surface area contributed by atoms with E-state index in [0.717, 1.165) is 53.2 Å². The number of fused-ring (bicyclic) bond motifs is 1. The Kier molecular flexibility index (Phi) is 7.40. The summed E-state index contributed by atoms with van der Waals surface area (Å²) in [6, 6.07) is 13.3. The van der Waals surface area contributed by atoms with Crippen molar-refractivity contribution in [1.82, 2.24) is 0 Å². The van der Waals surface area contributed by atoms with Gasteiger partial charge < -0.3 is 24.8 Å². The summed E-state index contributed by atoms with van der Waals surface area (Å²) in [4.78, 5) is 14.7. The van der Waals surface area contributed by atoms with Gasteiger partial charge in [-0.05, 0) is 68.5 Å². The maximum absolute atomic E-state index is 13.4. The van der Waals surface area contributed by atoms with Gasteiger partial charge in [-0.2, -0.15) is 0 Å². The van der Waals surface area contributed by atoms with Crippen LogP contribution in [0, 0.1) is 0 Å². The van der Waals surface area contributed by atoms with Crippen LogP contribution >= 0.6 is 11.3 Å². The standard InChI is InChI=1S/C26H30N2O4S/c1-4-32-19-14-12-18(13-15-19)28-25(29)23-20-9-5-6-11-22(20)33-26(23)27-16-17-8-7-10-21(30-2)24(17)31-3/h7-8,10,12-15,27H,4-6,9,11,16H2,1-3H3,(H,28,29). The minimum absolute atomic E-state index is 0.0846. The Bertz CT molecular complexity index is 1110. The Balaban J connectivity index is 1.58. The van der Waals surface area contributed by atoms with Crippen LogP contribution in [0.4, 0.5) is 10.7 Å². The lowest BCUT2D eigenvalue weighted by atomic mass is 9.95. The number of anilines is 2. The number of amides is 1. The minimum atomic E-state index is -0.0846. The van der Waals surface area contributed by atoms with E-state index in [1.165, 1.54) is 10.4 Å². The molecule has 1 aromatic heterocycles. The van der Waals surface area contributed by atoms with Gasteiger partial charge in [-0.25, -0.2) is 0 Å². The van der Waals surface area contributed by atoms with Crippen LogP contribution in [0.25, 0.3) is 0 Å². The quantitative estimate of drug-likeness (QED) is 0.410. The summed E-state index contributed by atoms with van der Waals surface area (Å²) >= 11 is 1.69. The molecule has 0 spiro atoms. The topological polar surface area (TPSA) is 68.8 Å². The van der Waals surface area contributed by atoms with Gasteiger partial charge in [0.1, 0.15) is 10.8 Å². The number of ether oxygens (including phenoxy) is 3. The van der Waals surface area contributed by atoms with E-state index >= 15 is 0 Å². The zero-order valence-corrected chi connectivity index (χ0v) is 20.1. The zero-order chi connectivity index (χ0) is 23.2. The maximum atomic E-state index is 13.4. The van der Waals surface area contributed by atoms with Gasteiger partial charge in [0.25, 0.3) is 5.91 Å². The van der Waals surface area contributed by atoms with Crippen molar-refractivity contribution in [3.63, 3.8) is 0 Å². The molecule has 0 saturated carbocycles. The fourth-order valence-corrected chi connectivity index (χ4v) is 5.48. The van der Waals surface area contributed by atoms with Gasteiger partial charge >= 0.3 is 0 Å². The van der Waals surface area contributed by atoms with Crippen molar-refractivity contribution >= 4 is 27.9 Å². The summed E-state index contributed by atoms with van der Waals surface area (Å²) in [5, 5.41) is 7.48. The third-order valence-electron chi connectivity index (χ3n) is 5.75. The molecule has 0 saturated heterocycles. The van der Waals surface area contributed by atoms with E-state index in [0.29, 0.717) is 24.7 Å². The Morgan fingerprint density at radius 2 is 1.82 bits per heavy atom. The molecule has 0 fully saturated rings. The molecule has 0 unspecified atom stereocenters. The number of hydrogen-bond acceptors (Lipinski definition) is 6. The number of aryl methyl sites for hydroxylation is 1. The highest BCUT2D eigenvalue weighted by molar-refractivity contribution is 7.16. The number of hydrogen-bond donors (Lipinski definition) is 2. The van der Waals surface area contributed by atoms with Crippen LogP contribution in [-0.4, -0.2) is 26.7 Å². The predicted octanol–water partition coefficient (Wildman–Crippen LogP) is 5.91. The average molecular weight is 467 g/mol. The molecular weight excluding hydrogens is 436 g/mol. The van der Waals surface area contributed by atoms with E-state index in [1.54, 1.807) is 25.6 Å². The van der Waals surface area contributed by atoms with Crippen LogP contribution in [0.2, 0.25) is 0 Å². The monoisotopic (exact) mass is 466 g/mol. The molecule has 174 valence electrons. The number of nitrogens with one attached hydrogen (secondary N) is 2. The molecule has 4 rings (SSSR count). The van der Waals surface area contributed by atoms with E-state index in [9.17, 15) is 4.79 Å². The largest absolute Gasteiger partial charge is 0.494 e. The van der Waals surface area contributed by atoms with E-state index in [-0.39, 0.29) is 5.91 Å². The summed E-state index contributed by atoms with van der Waals surface area (Å²) in [6.07, 6.45) is 4.22. The first kappa shape index (κ1) is 23.0. The number of benzene rings is 2. The smallest absolute Gasteiger partial charge is 0.258 e. The Labute approximate surface area is 198 Å². The molecule has 1 aliphatic carbocycles. The zero-order valence-electron chi connectivity index (χ0n) is 19.3. The number of carbonyl (C=O) groups is 1. The molecule has 3 aromatic rings. The molecular formula is C26H30N2O4S. The molecule has 0 atom stereocenters. The summed E-state index contributed by atoms with van der Waals surface area (Å²) in [6.45, 7) is 3.09. The molecule has 33 heavy (non-hydrogen) atoms. The predicted molar refractivity (Wildman–Crippen MR) is 133 cm³/mol. The maximum Gasteiger partial charge on any atom is 0.258 e. The van der Waals surface area contributed by atoms with Crippen LogP contribution in [-0.2, 0) is 19.4 Å². The lowest BCUT2D eigenvalue weighted by Gasteiger charge is -2.15. The number of carbonyl (C=O) groups excluding carboxylic acids is 1. The average Bonchev–Trinajstić information content (AvgIpc) is 3.22. The number of thiophene rings is 1. The SMILES string of the molecule is CCOc1ccc(NC(=O)c2c(NCc3cccc(OC)c3OC)sc3c2CCCC3)cc1. The first-order valence-corrected chi connectivity index (χ1v) is 12.1. The van der Waals surface area contributed by atoms with Crippen molar-refractivity contribution in [2.45, 2.75) is 39.2 Å². The normalized spacial score (nSPS) is 12.6. The van der Waals surface area contributed by atoms with Crippen molar-refractivity contribution < 1.29 is 19.0 Å². The third-order valence-corrected chi connectivity index (χ3v) is 6.99. The van der Waals surface area contributed by atoms with E-state index in [4.69, 9.17) is 14.2 Å². The van der Waals surface area contributed by atoms with Gasteiger partial charge in [0.2, 0.25) is 0 Å². The van der Waals surface area contributed by atoms with Crippen LogP contribution in [0.1, 0.15) is 46.1 Å². The van der Waals surface area contributed by atoms with Gasteiger partial charge in [-0.1, -0.05) is 12.1 Å². The van der Waals surface area contributed by atoms with Gasteiger partial charge in [0.15, 0.2) is 11.5 Å². The third kappa shape index (κ3) is 5.09. The van der Waals surface area contributed by atoms with Crippen molar-refractivity contribution in [3.8, 4) is 17.2 Å². The number of rotatable bonds is 9. The summed E-state index contributed by atoms with van der Waals surface area (Å²) < 4.78 is 16.5. The first-order valence-electron chi connectivity index (χ1n) is 11.3. The molecule has 1 heterocycles. The van der Waals surface area contributed by atoms with Crippen molar-refractivity contribution in [1.29, 1.82) is 0 Å². The van der Waals surface area contributed by atoms with Crippen LogP contribution < -0.4 is 24.8 Å². The molecule has 6 nitrogen and oxygen atoms in total. The molecule has 1 amide bonds. The van der Waals surface area contributed by atoms with Gasteiger partial charge in [-0.3, -0.25) is 4.79 Å². The van der Waals surface area contributed by atoms with E-state index in [1.807, 2.05) is 49.4 Å². The second-order valence-electron chi connectivity index (χ2n) is 7.83. The molecule has 7 heteroatoms. The highest BCUT2D eigenvalue weighted by Crippen LogP contribution is 2.39. The lowest BCUT2D eigenvalue weighted by Crippen LogP contribution is -2.16. The van der Waals surface area contributed by atoms with E-state index in [2.05, 4.69) is 10.6 Å². The van der Waals surface area contributed by atoms with Crippen molar-refractivity contribution in [2.24, 2.45) is 0 Å². The summed E-state index contributed by atoms with van der Waals surface area (Å²) in [5.41, 5.74) is 3.65. The van der Waals surface area contributed by atoms with Crippen molar-refractivity contribution in [3.05, 3.63) is 64.0 Å². The number of para-hydroxylation sites is 1. The summed E-state index contributed by atoms with van der Waals surface area (Å²) in [5.74, 6) is 2.10. The second kappa shape index (κ2) is 10.6. The highest BCUT2D eigenvalue weighted by Gasteiger charge is 2.26. The molecule has 0 bridgehead atoms. The minimum Gasteiger partial charge on any atom is -0.494 e. The Morgan fingerprint density at radius 3 is 2.55 bits per heavy atom. The lowest BCUT2D eigenvalue weighted by molar-refractivity contribution is 0.102. The molecule has 2 N–H and O–H groups in total. The molecule has 0 radical (unpaired) electrons. The number of methoxy groups -OCH3 is 2. The second-order valence-corrected chi connectivity index (χ2v) is 8.94.